The molecule has 0 aromatic carbocycles. The van der Waals surface area contributed by atoms with E-state index in [0.717, 1.165) is 0 Å². The smallest absolute Gasteiger partial charge is 0.0167 e. The van der Waals surface area contributed by atoms with Crippen LogP contribution in [0.3, 0.4) is 0 Å². The second kappa shape index (κ2) is 411. The van der Waals surface area contributed by atoms with E-state index in [1.165, 1.54) is 0 Å². The molecule has 0 amide bonds. The molecule has 0 saturated heterocycles. The minimum absolute atomic E-state index is 0. The molecule has 0 aromatic heterocycles. The molecular weight excluding hydrogens is 164 g/mol. The third-order valence-corrected chi connectivity index (χ3v) is 0. The van der Waals surface area contributed by atoms with Crippen LogP contribution in [0.25, 0.3) is 0 Å². The summed E-state index contributed by atoms with van der Waals surface area (Å²) < 4.78 is 0. The second-order valence-corrected chi connectivity index (χ2v) is 1.00. The Kier molecular flexibility index (Phi) is 1670. The average molecular weight is 200 g/mol. The van der Waals surface area contributed by atoms with E-state index in [9.17, 15) is 0 Å². The maximum Gasteiger partial charge on any atom is -0.0167 e. The van der Waals surface area contributed by atoms with Gasteiger partial charge in [0, 0.05) is 0 Å². The van der Waals surface area contributed by atoms with E-state index in [1.807, 2.05) is 55.9 Å². The normalized spacial score (nSPS) is 3.69. The lowest BCUT2D eigenvalue weighted by Crippen LogP contribution is -1.89. The summed E-state index contributed by atoms with van der Waals surface area (Å²) in [6.45, 7) is 8.00. The van der Waals surface area contributed by atoms with E-state index in [2.05, 4.69) is 10.6 Å². The fourth-order valence-electron chi connectivity index (χ4n) is 0. The van der Waals surface area contributed by atoms with E-state index in [1.54, 1.807) is 0 Å². The van der Waals surface area contributed by atoms with Crippen LogP contribution in [0.2, 0.25) is 0 Å². The molecule has 92 valence electrons. The minimum Gasteiger partial charge on any atom is -0.344 e. The first-order valence-electron chi connectivity index (χ1n) is 4.00. The van der Waals surface area contributed by atoms with E-state index >= 15 is 0 Å². The topological polar surface area (TPSA) is 94.1 Å². The first-order chi connectivity index (χ1) is 4.83. The highest BCUT2D eigenvalue weighted by molar-refractivity contribution is 3.91. The molecule has 0 atom stereocenters. The van der Waals surface area contributed by atoms with Crippen molar-refractivity contribution in [2.45, 2.75) is 35.1 Å². The summed E-state index contributed by atoms with van der Waals surface area (Å²) in [7, 11) is 7.50. The van der Waals surface area contributed by atoms with Gasteiger partial charge in [-0.2, -0.15) is 0 Å². The van der Waals surface area contributed by atoms with E-state index in [-0.39, 0.29) is 19.7 Å². The Morgan fingerprint density at radius 2 is 0.538 bits per heavy atom. The van der Waals surface area contributed by atoms with Gasteiger partial charge in [0.25, 0.3) is 0 Å². The standard InChI is InChI=1S/2C2H7N.2C2H6.CH4.2H3N/c2*1-3-2;2*1-2;;;/h2*3H,1-2H3;2*1-2H3;1H4;2*1H3. The first kappa shape index (κ1) is 52.8. The predicted octanol–water partition coefficient (Wildman–Crippen LogP) is 2.68. The maximum absolute atomic E-state index is 2.75. The van der Waals surface area contributed by atoms with Gasteiger partial charge in [0.05, 0.1) is 0 Å². The van der Waals surface area contributed by atoms with Crippen molar-refractivity contribution < 1.29 is 0 Å². The van der Waals surface area contributed by atoms with Crippen LogP contribution in [0, 0.1) is 0 Å². The molecule has 0 aliphatic heterocycles. The van der Waals surface area contributed by atoms with Gasteiger partial charge in [-0.25, -0.2) is 0 Å². The van der Waals surface area contributed by atoms with Crippen molar-refractivity contribution in [3.8, 4) is 0 Å². The van der Waals surface area contributed by atoms with Gasteiger partial charge < -0.3 is 22.9 Å². The molecule has 0 radical (unpaired) electrons. The van der Waals surface area contributed by atoms with Crippen LogP contribution in [-0.4, -0.2) is 28.2 Å². The highest BCUT2D eigenvalue weighted by Gasteiger charge is 1.26. The van der Waals surface area contributed by atoms with Gasteiger partial charge >= 0.3 is 0 Å². The zero-order valence-corrected chi connectivity index (χ0v) is 10.4. The molecule has 13 heavy (non-hydrogen) atoms. The summed E-state index contributed by atoms with van der Waals surface area (Å²) in [5.74, 6) is 0. The lowest BCUT2D eigenvalue weighted by molar-refractivity contribution is 1.02. The molecule has 0 aliphatic carbocycles. The summed E-state index contributed by atoms with van der Waals surface area (Å²) in [5, 5.41) is 5.50. The van der Waals surface area contributed by atoms with Gasteiger partial charge in [-0.3, -0.25) is 0 Å². The average Bonchev–Trinajstić information content (AvgIpc) is 1.99. The molecule has 8 N–H and O–H groups in total. The quantitative estimate of drug-likeness (QED) is 0.483. The van der Waals surface area contributed by atoms with Crippen molar-refractivity contribution in [2.75, 3.05) is 28.2 Å². The van der Waals surface area contributed by atoms with Crippen molar-refractivity contribution in [3.63, 3.8) is 0 Å². The Hall–Kier alpha value is -0.160. The maximum atomic E-state index is 2.75. The molecule has 0 aromatic rings. The number of nitrogens with one attached hydrogen (secondary N) is 2. The Morgan fingerprint density at radius 1 is 0.538 bits per heavy atom. The van der Waals surface area contributed by atoms with Crippen LogP contribution in [0.4, 0.5) is 0 Å². The fourth-order valence-corrected chi connectivity index (χ4v) is 0. The largest absolute Gasteiger partial charge is 0.344 e. The Bertz CT molecular complexity index is 13.6. The lowest BCUT2D eigenvalue weighted by atomic mass is 11.0. The number of rotatable bonds is 0. The van der Waals surface area contributed by atoms with E-state index in [0.29, 0.717) is 0 Å². The molecule has 0 bridgehead atoms. The summed E-state index contributed by atoms with van der Waals surface area (Å²) >= 11 is 0. The van der Waals surface area contributed by atoms with E-state index in [4.69, 9.17) is 0 Å². The predicted molar refractivity (Wildman–Crippen MR) is 69.4 cm³/mol. The highest BCUT2D eigenvalue weighted by Crippen LogP contribution is 1.15. The molecule has 0 rings (SSSR count). The van der Waals surface area contributed by atoms with Gasteiger partial charge in [0.1, 0.15) is 0 Å². The lowest BCUT2D eigenvalue weighted by Gasteiger charge is -1.59. The zero-order chi connectivity index (χ0) is 9.41. The first-order valence-corrected chi connectivity index (χ1v) is 4.00. The SMILES string of the molecule is C.CC.CC.CNC.CNC.N.N. The summed E-state index contributed by atoms with van der Waals surface area (Å²) in [4.78, 5) is 0. The van der Waals surface area contributed by atoms with Crippen LogP contribution < -0.4 is 22.9 Å². The molecular formula is C9H36N4. The summed E-state index contributed by atoms with van der Waals surface area (Å²) in [6, 6.07) is 0. The molecule has 0 heterocycles. The molecule has 4 nitrogen and oxygen atoms in total. The molecule has 0 aliphatic rings. The van der Waals surface area contributed by atoms with Crippen molar-refractivity contribution in [1.29, 1.82) is 0 Å². The van der Waals surface area contributed by atoms with Crippen molar-refractivity contribution in [2.24, 2.45) is 0 Å². The van der Waals surface area contributed by atoms with Gasteiger partial charge in [-0.15, -0.1) is 0 Å². The van der Waals surface area contributed by atoms with Crippen molar-refractivity contribution in [3.05, 3.63) is 0 Å². The van der Waals surface area contributed by atoms with Crippen molar-refractivity contribution in [1.82, 2.24) is 22.9 Å². The van der Waals surface area contributed by atoms with Crippen LogP contribution >= 0.6 is 0 Å². The van der Waals surface area contributed by atoms with Gasteiger partial charge in [-0.1, -0.05) is 35.1 Å². The Labute approximate surface area is 87.1 Å². The number of hydrogen-bond acceptors (Lipinski definition) is 4. The van der Waals surface area contributed by atoms with Gasteiger partial charge in [0.15, 0.2) is 0 Å². The molecule has 0 unspecified atom stereocenters. The van der Waals surface area contributed by atoms with Crippen LogP contribution in [0.15, 0.2) is 0 Å². The molecule has 0 fully saturated rings. The minimum atomic E-state index is 0. The van der Waals surface area contributed by atoms with Crippen LogP contribution in [0.5, 0.6) is 0 Å². The molecule has 0 spiro atoms. The molecule has 4 heteroatoms. The number of hydrogen-bond donors (Lipinski definition) is 4. The molecule has 0 saturated carbocycles. The van der Waals surface area contributed by atoms with Gasteiger partial charge in [-0.05, 0) is 28.2 Å². The van der Waals surface area contributed by atoms with Gasteiger partial charge in [0.2, 0.25) is 0 Å². The van der Waals surface area contributed by atoms with Crippen molar-refractivity contribution >= 4 is 0 Å². The summed E-state index contributed by atoms with van der Waals surface area (Å²) in [6.07, 6.45) is 0. The van der Waals surface area contributed by atoms with Crippen LogP contribution in [-0.2, 0) is 0 Å². The monoisotopic (exact) mass is 200 g/mol. The third-order valence-electron chi connectivity index (χ3n) is 0. The van der Waals surface area contributed by atoms with Crippen LogP contribution in [0.1, 0.15) is 35.1 Å². The zero-order valence-electron chi connectivity index (χ0n) is 10.4. The second-order valence-electron chi connectivity index (χ2n) is 1.00. The Morgan fingerprint density at radius 3 is 0.538 bits per heavy atom. The third kappa shape index (κ3) is 44800. The summed E-state index contributed by atoms with van der Waals surface area (Å²) in [5.41, 5.74) is 0. The highest BCUT2D eigenvalue weighted by atomic mass is 14.7. The van der Waals surface area contributed by atoms with E-state index < -0.39 is 0 Å². The fraction of sp³-hybridized carbons (Fsp3) is 1.00. The Balaban J connectivity index is -0.00000000698.